The fourth-order valence-corrected chi connectivity index (χ4v) is 4.68. The van der Waals surface area contributed by atoms with E-state index < -0.39 is 5.54 Å². The molecule has 5 rings (SSSR count). The van der Waals surface area contributed by atoms with Crippen molar-refractivity contribution in [1.29, 1.82) is 0 Å². The third kappa shape index (κ3) is 2.45. The van der Waals surface area contributed by atoms with Crippen LogP contribution in [0.2, 0.25) is 0 Å². The molecule has 1 N–H and O–H groups in total. The Labute approximate surface area is 156 Å². The van der Waals surface area contributed by atoms with E-state index in [0.717, 1.165) is 18.4 Å². The largest absolute Gasteiger partial charge is 0.337 e. The molecule has 2 aliphatic heterocycles. The van der Waals surface area contributed by atoms with Gasteiger partial charge in [-0.25, -0.2) is 4.98 Å². The zero-order chi connectivity index (χ0) is 18.4. The Kier molecular flexibility index (Phi) is 3.56. The summed E-state index contributed by atoms with van der Waals surface area (Å²) in [6, 6.07) is 9.70. The summed E-state index contributed by atoms with van der Waals surface area (Å²) in [7, 11) is 0. The maximum atomic E-state index is 12.9. The minimum atomic E-state index is -0.757. The Bertz CT molecular complexity index is 930. The molecule has 1 saturated carbocycles. The Balaban J connectivity index is 1.42. The first-order chi connectivity index (χ1) is 13.2. The molecule has 2 aromatic rings. The van der Waals surface area contributed by atoms with Crippen LogP contribution in [0.25, 0.3) is 0 Å². The highest BCUT2D eigenvalue weighted by Crippen LogP contribution is 2.49. The monoisotopic (exact) mass is 361 g/mol. The van der Waals surface area contributed by atoms with Crippen LogP contribution in [0.15, 0.2) is 53.9 Å². The number of amidine groups is 1. The van der Waals surface area contributed by atoms with Crippen LogP contribution in [-0.4, -0.2) is 51.1 Å². The van der Waals surface area contributed by atoms with E-state index >= 15 is 0 Å². The Morgan fingerprint density at radius 1 is 1.19 bits per heavy atom. The number of fused-ring (bicyclic) bond motifs is 2. The second-order valence-electron chi connectivity index (χ2n) is 7.41. The number of hydrogen-bond acceptors (Lipinski definition) is 5. The normalized spacial score (nSPS) is 29.0. The lowest BCUT2D eigenvalue weighted by Gasteiger charge is -2.25. The summed E-state index contributed by atoms with van der Waals surface area (Å²) in [5.41, 5.74) is 0.500. The number of carbonyl (C=O) groups is 2. The number of aliphatic imine (C=N–C) groups is 1. The van der Waals surface area contributed by atoms with E-state index in [1.165, 1.54) is 12.4 Å². The Hall–Kier alpha value is -3.09. The lowest BCUT2D eigenvalue weighted by Crippen LogP contribution is -2.45. The Morgan fingerprint density at radius 2 is 2.04 bits per heavy atom. The van der Waals surface area contributed by atoms with Gasteiger partial charge < -0.3 is 10.2 Å². The Morgan fingerprint density at radius 3 is 2.81 bits per heavy atom. The van der Waals surface area contributed by atoms with Gasteiger partial charge in [-0.05, 0) is 18.8 Å². The van der Waals surface area contributed by atoms with Gasteiger partial charge in [-0.1, -0.05) is 30.3 Å². The first-order valence-corrected chi connectivity index (χ1v) is 9.19. The molecule has 1 aromatic carbocycles. The van der Waals surface area contributed by atoms with E-state index in [0.29, 0.717) is 24.6 Å². The highest BCUT2D eigenvalue weighted by Gasteiger charge is 2.59. The highest BCUT2D eigenvalue weighted by molar-refractivity contribution is 6.15. The number of carbonyl (C=O) groups excluding carboxylic acids is 2. The van der Waals surface area contributed by atoms with Crippen molar-refractivity contribution >= 4 is 17.6 Å². The molecular formula is C20H19N5O2. The van der Waals surface area contributed by atoms with Crippen molar-refractivity contribution < 1.29 is 9.59 Å². The van der Waals surface area contributed by atoms with E-state index in [1.807, 2.05) is 30.3 Å². The first kappa shape index (κ1) is 16.1. The number of nitrogens with one attached hydrogen (secondary N) is 1. The quantitative estimate of drug-likeness (QED) is 0.873. The number of likely N-dealkylation sites (tertiary alicyclic amines) is 1. The van der Waals surface area contributed by atoms with Gasteiger partial charge >= 0.3 is 0 Å². The van der Waals surface area contributed by atoms with Gasteiger partial charge in [0.1, 0.15) is 17.1 Å². The molecular weight excluding hydrogens is 342 g/mol. The number of hydrogen-bond donors (Lipinski definition) is 1. The van der Waals surface area contributed by atoms with Crippen molar-refractivity contribution in [3.8, 4) is 0 Å². The van der Waals surface area contributed by atoms with E-state index in [1.54, 1.807) is 11.1 Å². The number of aromatic nitrogens is 2. The molecule has 0 bridgehead atoms. The number of amides is 2. The van der Waals surface area contributed by atoms with Gasteiger partial charge in [-0.15, -0.1) is 0 Å². The molecule has 1 aromatic heterocycles. The van der Waals surface area contributed by atoms with Crippen LogP contribution >= 0.6 is 0 Å². The van der Waals surface area contributed by atoms with Crippen molar-refractivity contribution in [1.82, 2.24) is 20.2 Å². The van der Waals surface area contributed by atoms with Gasteiger partial charge in [0.2, 0.25) is 0 Å². The van der Waals surface area contributed by atoms with Crippen molar-refractivity contribution in [2.75, 3.05) is 13.1 Å². The fraction of sp³-hybridized carbons (Fsp3) is 0.350. The molecule has 0 unspecified atom stereocenters. The fourth-order valence-electron chi connectivity index (χ4n) is 4.68. The van der Waals surface area contributed by atoms with Crippen LogP contribution in [0.3, 0.4) is 0 Å². The average Bonchev–Trinajstić information content (AvgIpc) is 3.38. The van der Waals surface area contributed by atoms with Gasteiger partial charge in [-0.3, -0.25) is 19.6 Å². The van der Waals surface area contributed by atoms with E-state index in [4.69, 9.17) is 4.99 Å². The highest BCUT2D eigenvalue weighted by atomic mass is 16.2. The van der Waals surface area contributed by atoms with E-state index in [2.05, 4.69) is 15.3 Å². The molecule has 3 aliphatic rings. The molecule has 2 amide bonds. The zero-order valence-electron chi connectivity index (χ0n) is 14.7. The minimum Gasteiger partial charge on any atom is -0.337 e. The maximum absolute atomic E-state index is 12.9. The lowest BCUT2D eigenvalue weighted by atomic mass is 9.85. The van der Waals surface area contributed by atoms with Crippen LogP contribution < -0.4 is 5.32 Å². The van der Waals surface area contributed by atoms with Crippen LogP contribution in [-0.2, 0) is 4.79 Å². The molecule has 1 spiro atoms. The van der Waals surface area contributed by atoms with Crippen LogP contribution in [0, 0.1) is 11.8 Å². The summed E-state index contributed by atoms with van der Waals surface area (Å²) in [6.07, 6.45) is 6.19. The van der Waals surface area contributed by atoms with Crippen LogP contribution in [0.4, 0.5) is 0 Å². The summed E-state index contributed by atoms with van der Waals surface area (Å²) < 4.78 is 0. The number of benzene rings is 1. The van der Waals surface area contributed by atoms with Crippen molar-refractivity contribution in [2.45, 2.75) is 18.4 Å². The second kappa shape index (κ2) is 5.97. The van der Waals surface area contributed by atoms with Crippen LogP contribution in [0.1, 0.15) is 28.9 Å². The third-order valence-corrected chi connectivity index (χ3v) is 6.00. The average molecular weight is 361 g/mol. The van der Waals surface area contributed by atoms with Crippen molar-refractivity contribution in [2.24, 2.45) is 16.8 Å². The van der Waals surface area contributed by atoms with Crippen molar-refractivity contribution in [3.05, 3.63) is 60.2 Å². The summed E-state index contributed by atoms with van der Waals surface area (Å²) in [6.45, 7) is 1.17. The van der Waals surface area contributed by atoms with E-state index in [-0.39, 0.29) is 23.7 Å². The molecule has 27 heavy (non-hydrogen) atoms. The third-order valence-electron chi connectivity index (χ3n) is 6.00. The predicted octanol–water partition coefficient (Wildman–Crippen LogP) is 1.27. The summed E-state index contributed by atoms with van der Waals surface area (Å²) >= 11 is 0. The van der Waals surface area contributed by atoms with Gasteiger partial charge in [0.25, 0.3) is 11.8 Å². The SMILES string of the molecule is O=C(c1cnccn1)N1C[C@H]2CC[C@@]3(N=C(c4ccccc4)NC3=O)[C@H]2C1. The molecule has 2 fully saturated rings. The van der Waals surface area contributed by atoms with Gasteiger partial charge in [-0.2, -0.15) is 0 Å². The number of nitrogens with zero attached hydrogens (tertiary/aromatic N) is 4. The molecule has 7 heteroatoms. The molecule has 1 aliphatic carbocycles. The minimum absolute atomic E-state index is 0.0392. The van der Waals surface area contributed by atoms with Gasteiger partial charge in [0, 0.05) is 37.0 Å². The molecule has 1 saturated heterocycles. The van der Waals surface area contributed by atoms with Crippen LogP contribution in [0.5, 0.6) is 0 Å². The van der Waals surface area contributed by atoms with E-state index in [9.17, 15) is 9.59 Å². The topological polar surface area (TPSA) is 87.6 Å². The van der Waals surface area contributed by atoms with Gasteiger partial charge in [0.15, 0.2) is 0 Å². The first-order valence-electron chi connectivity index (χ1n) is 9.19. The summed E-state index contributed by atoms with van der Waals surface area (Å²) in [5, 5.41) is 2.98. The predicted molar refractivity (Wildman–Crippen MR) is 98.0 cm³/mol. The summed E-state index contributed by atoms with van der Waals surface area (Å²) in [5.74, 6) is 0.801. The summed E-state index contributed by atoms with van der Waals surface area (Å²) in [4.78, 5) is 40.4. The molecule has 3 atom stereocenters. The second-order valence-corrected chi connectivity index (χ2v) is 7.41. The molecule has 136 valence electrons. The number of rotatable bonds is 2. The molecule has 3 heterocycles. The van der Waals surface area contributed by atoms with Crippen molar-refractivity contribution in [3.63, 3.8) is 0 Å². The maximum Gasteiger partial charge on any atom is 0.274 e. The van der Waals surface area contributed by atoms with Gasteiger partial charge in [0.05, 0.1) is 6.20 Å². The standard InChI is InChI=1S/C20H19N5O2/c26-18(16-10-21-8-9-22-16)25-11-14-6-7-20(15(14)12-25)19(27)23-17(24-20)13-4-2-1-3-5-13/h1-5,8-10,14-15H,6-7,11-12H2,(H,23,24,27)/t14-,15+,20-/m1/s1. The smallest absolute Gasteiger partial charge is 0.274 e. The zero-order valence-corrected chi connectivity index (χ0v) is 14.7. The lowest BCUT2D eigenvalue weighted by molar-refractivity contribution is -0.124. The molecule has 7 nitrogen and oxygen atoms in total. The molecule has 0 radical (unpaired) electrons.